The van der Waals surface area contributed by atoms with Crippen LogP contribution in [0, 0.1) is 24.7 Å². The zero-order valence-electron chi connectivity index (χ0n) is 28.3. The van der Waals surface area contributed by atoms with Gasteiger partial charge < -0.3 is 29.7 Å². The van der Waals surface area contributed by atoms with Crippen LogP contribution in [0.1, 0.15) is 57.3 Å². The second-order valence-electron chi connectivity index (χ2n) is 13.9. The van der Waals surface area contributed by atoms with Crippen molar-refractivity contribution in [1.29, 1.82) is 0 Å². The molecular formula is C38H44ClN3O7. The Bertz CT molecular complexity index is 1640. The minimum atomic E-state index is -1.49. The van der Waals surface area contributed by atoms with Crippen molar-refractivity contribution in [1.82, 2.24) is 10.2 Å². The topological polar surface area (TPSA) is 125 Å². The van der Waals surface area contributed by atoms with Crippen molar-refractivity contribution in [2.75, 3.05) is 18.1 Å². The highest BCUT2D eigenvalue weighted by Gasteiger charge is 2.74. The first-order valence-corrected chi connectivity index (χ1v) is 17.4. The first-order chi connectivity index (χ1) is 23.5. The number of hydrogen-bond donors (Lipinski definition) is 2. The largest absolute Gasteiger partial charge is 0.455 e. The minimum absolute atomic E-state index is 0.0888. The molecule has 3 amide bonds. The summed E-state index contributed by atoms with van der Waals surface area (Å²) in [4.78, 5) is 60.3. The number of carbonyl (C=O) groups excluding carboxylic acids is 4. The van der Waals surface area contributed by atoms with Crippen molar-refractivity contribution in [3.63, 3.8) is 0 Å². The van der Waals surface area contributed by atoms with Crippen molar-refractivity contribution >= 4 is 41.0 Å². The molecule has 0 radical (unpaired) electrons. The first kappa shape index (κ1) is 34.9. The van der Waals surface area contributed by atoms with Gasteiger partial charge in [0.25, 0.3) is 5.91 Å². The summed E-state index contributed by atoms with van der Waals surface area (Å²) < 4.78 is 12.8. The highest BCUT2D eigenvalue weighted by Crippen LogP contribution is 2.57. The highest BCUT2D eigenvalue weighted by atomic mass is 35.5. The van der Waals surface area contributed by atoms with Gasteiger partial charge in [-0.25, -0.2) is 0 Å². The molecule has 49 heavy (non-hydrogen) atoms. The van der Waals surface area contributed by atoms with Gasteiger partial charge in [-0.05, 0) is 49.8 Å². The average Bonchev–Trinajstić information content (AvgIpc) is 3.71. The number of halogens is 1. The lowest BCUT2D eigenvalue weighted by molar-refractivity contribution is -0.161. The number of likely N-dealkylation sites (tertiary alicyclic amines) is 1. The van der Waals surface area contributed by atoms with Crippen LogP contribution in [0.25, 0.3) is 0 Å². The molecule has 260 valence electrons. The fraction of sp³-hybridized carbons (Fsp3) is 0.474. The number of cyclic esters (lactones) is 1. The van der Waals surface area contributed by atoms with Crippen molar-refractivity contribution in [2.24, 2.45) is 17.8 Å². The second-order valence-corrected chi connectivity index (χ2v) is 14.3. The Hall–Kier alpha value is -3.99. The molecule has 0 aliphatic carbocycles. The van der Waals surface area contributed by atoms with Gasteiger partial charge >= 0.3 is 5.97 Å². The SMILES string of the molecule is Cc1cccc(Cl)c1N1C/C=C\CCC(=O)N[C@H](C)[C@@H](c2ccccc2)OC(=O)[C@@H]2[C@@H]3C=C[C@]4(O3)[C@H](C1=O)N([C@@H](CO)CC(C)C)C(=O)[C@@H]24. The summed E-state index contributed by atoms with van der Waals surface area (Å²) in [5.74, 6) is -3.82. The monoisotopic (exact) mass is 689 g/mol. The molecule has 4 aliphatic rings. The number of esters is 1. The van der Waals surface area contributed by atoms with Crippen LogP contribution in [-0.4, -0.2) is 76.7 Å². The van der Waals surface area contributed by atoms with Crippen LogP contribution in [0.5, 0.6) is 0 Å². The number of fused-ring (bicyclic) bond motifs is 2. The van der Waals surface area contributed by atoms with Gasteiger partial charge in [0.15, 0.2) is 0 Å². The van der Waals surface area contributed by atoms with E-state index in [1.54, 1.807) is 36.1 Å². The summed E-state index contributed by atoms with van der Waals surface area (Å²) in [5.41, 5.74) is 0.435. The Morgan fingerprint density at radius 1 is 1.04 bits per heavy atom. The van der Waals surface area contributed by atoms with E-state index in [0.717, 1.165) is 5.56 Å². The van der Waals surface area contributed by atoms with Crippen LogP contribution < -0.4 is 10.2 Å². The third-order valence-corrected chi connectivity index (χ3v) is 10.4. The van der Waals surface area contributed by atoms with Crippen molar-refractivity contribution in [3.8, 4) is 0 Å². The molecule has 5 bridgehead atoms. The number of aliphatic hydroxyl groups is 1. The van der Waals surface area contributed by atoms with Crippen LogP contribution in [0.4, 0.5) is 5.69 Å². The third-order valence-electron chi connectivity index (χ3n) is 10.1. The summed E-state index contributed by atoms with van der Waals surface area (Å²) in [6, 6.07) is 12.0. The molecule has 10 nitrogen and oxygen atoms in total. The summed E-state index contributed by atoms with van der Waals surface area (Å²) in [6.07, 6.45) is 6.47. The van der Waals surface area contributed by atoms with Gasteiger partial charge in [-0.2, -0.15) is 0 Å². The number of carbonyl (C=O) groups is 4. The molecule has 6 rings (SSSR count). The van der Waals surface area contributed by atoms with E-state index in [-0.39, 0.29) is 31.4 Å². The molecule has 0 unspecified atom stereocenters. The number of rotatable bonds is 6. The number of allylic oxidation sites excluding steroid dienone is 1. The number of nitrogens with zero attached hydrogens (tertiary/aromatic N) is 2. The zero-order valence-corrected chi connectivity index (χ0v) is 29.0. The van der Waals surface area contributed by atoms with Gasteiger partial charge in [-0.3, -0.25) is 19.2 Å². The lowest BCUT2D eigenvalue weighted by Gasteiger charge is -2.39. The number of aliphatic hydroxyl groups excluding tert-OH is 1. The molecule has 8 atom stereocenters. The summed E-state index contributed by atoms with van der Waals surface area (Å²) in [7, 11) is 0. The van der Waals surface area contributed by atoms with Crippen molar-refractivity contribution in [2.45, 2.75) is 82.9 Å². The standard InChI is InChI=1S/C38H44ClN3O7/c1-22(2)20-26(21-43)42-34-36(46)41(32-23(3)12-11-15-27(32)39)19-10-6-9-16-29(44)40-24(4)33(25-13-7-5-8-14-25)48-37(47)30-28-17-18-38(34,49-28)31(30)35(42)45/h5-8,10-15,17-18,22,24,26,28,30-31,33-34,43H,9,16,19-21H2,1-4H3,(H,40,44)/b10-6-/t24-,26-,28+,30-,31-,33+,34+,38-/m1/s1. The lowest BCUT2D eigenvalue weighted by Crippen LogP contribution is -2.59. The Kier molecular flexibility index (Phi) is 10.0. The summed E-state index contributed by atoms with van der Waals surface area (Å²) >= 11 is 6.76. The number of benzene rings is 2. The Morgan fingerprint density at radius 3 is 2.49 bits per heavy atom. The van der Waals surface area contributed by atoms with E-state index in [1.165, 1.54) is 4.90 Å². The maximum atomic E-state index is 15.2. The van der Waals surface area contributed by atoms with Crippen LogP contribution in [0.3, 0.4) is 0 Å². The van der Waals surface area contributed by atoms with Gasteiger partial charge in [0, 0.05) is 13.0 Å². The van der Waals surface area contributed by atoms with Crippen LogP contribution in [0.15, 0.2) is 72.8 Å². The Morgan fingerprint density at radius 2 is 1.80 bits per heavy atom. The second kappa shape index (κ2) is 14.1. The molecule has 4 aliphatic heterocycles. The number of ether oxygens (including phenoxy) is 2. The van der Waals surface area contributed by atoms with Crippen LogP contribution >= 0.6 is 11.6 Å². The van der Waals surface area contributed by atoms with Crippen LogP contribution in [-0.2, 0) is 28.7 Å². The maximum Gasteiger partial charge on any atom is 0.313 e. The fourth-order valence-corrected chi connectivity index (χ4v) is 8.32. The highest BCUT2D eigenvalue weighted by molar-refractivity contribution is 6.34. The van der Waals surface area contributed by atoms with Gasteiger partial charge in [-0.15, -0.1) is 0 Å². The van der Waals surface area contributed by atoms with Crippen LogP contribution in [0.2, 0.25) is 5.02 Å². The Balaban J connectivity index is 1.50. The van der Waals surface area contributed by atoms with Crippen molar-refractivity contribution < 1.29 is 33.8 Å². The molecule has 11 heteroatoms. The molecule has 2 fully saturated rings. The van der Waals surface area contributed by atoms with E-state index in [1.807, 2.05) is 69.3 Å². The molecular weight excluding hydrogens is 646 g/mol. The predicted octanol–water partition coefficient (Wildman–Crippen LogP) is 4.68. The predicted molar refractivity (Wildman–Crippen MR) is 184 cm³/mol. The van der Waals surface area contributed by atoms with E-state index >= 15 is 4.79 Å². The van der Waals surface area contributed by atoms with Crippen molar-refractivity contribution in [3.05, 3.63) is 89.0 Å². The van der Waals surface area contributed by atoms with E-state index in [0.29, 0.717) is 29.1 Å². The summed E-state index contributed by atoms with van der Waals surface area (Å²) in [5, 5.41) is 14.0. The molecule has 0 saturated carbocycles. The van der Waals surface area contributed by atoms with E-state index in [4.69, 9.17) is 21.1 Å². The third kappa shape index (κ3) is 6.30. The lowest BCUT2D eigenvalue weighted by atomic mass is 9.74. The van der Waals surface area contributed by atoms with E-state index in [9.17, 15) is 19.5 Å². The molecule has 2 N–H and O–H groups in total. The molecule has 4 heterocycles. The number of aryl methyl sites for hydroxylation is 1. The zero-order chi connectivity index (χ0) is 35.0. The van der Waals surface area contributed by atoms with Gasteiger partial charge in [0.05, 0.1) is 41.4 Å². The number of amides is 3. The number of anilines is 1. The molecule has 1 spiro atoms. The Labute approximate surface area is 292 Å². The van der Waals surface area contributed by atoms with E-state index in [2.05, 4.69) is 5.32 Å². The molecule has 0 aromatic heterocycles. The molecule has 2 aromatic rings. The quantitative estimate of drug-likeness (QED) is 0.334. The fourth-order valence-electron chi connectivity index (χ4n) is 7.99. The number of nitrogens with one attached hydrogen (secondary N) is 1. The van der Waals surface area contributed by atoms with Gasteiger partial charge in [0.2, 0.25) is 11.8 Å². The average molecular weight is 690 g/mol. The summed E-state index contributed by atoms with van der Waals surface area (Å²) in [6.45, 7) is 7.33. The van der Waals surface area contributed by atoms with E-state index < -0.39 is 65.6 Å². The van der Waals surface area contributed by atoms with Gasteiger partial charge in [0.1, 0.15) is 23.7 Å². The smallest absolute Gasteiger partial charge is 0.313 e. The first-order valence-electron chi connectivity index (χ1n) is 17.0. The molecule has 2 aromatic carbocycles. The molecule has 2 saturated heterocycles. The number of para-hydroxylation sites is 1. The minimum Gasteiger partial charge on any atom is -0.455 e. The normalized spacial score (nSPS) is 31.6. The number of hydrogen-bond acceptors (Lipinski definition) is 7. The van der Waals surface area contributed by atoms with Gasteiger partial charge in [-0.1, -0.05) is 92.2 Å². The maximum absolute atomic E-state index is 15.2.